The van der Waals surface area contributed by atoms with Crippen LogP contribution in [0.25, 0.3) is 0 Å². The second kappa shape index (κ2) is 8.24. The summed E-state index contributed by atoms with van der Waals surface area (Å²) in [7, 11) is 0. The largest absolute Gasteiger partial charge is 0.350 e. The Hall–Kier alpha value is -2.69. The van der Waals surface area contributed by atoms with Gasteiger partial charge in [-0.2, -0.15) is 0 Å². The summed E-state index contributed by atoms with van der Waals surface area (Å²) >= 11 is 0. The summed E-state index contributed by atoms with van der Waals surface area (Å²) in [6.07, 6.45) is 3.77. The molecule has 0 saturated carbocycles. The molecule has 0 bridgehead atoms. The predicted molar refractivity (Wildman–Crippen MR) is 93.8 cm³/mol. The van der Waals surface area contributed by atoms with Crippen molar-refractivity contribution in [2.24, 2.45) is 0 Å². The molecule has 2 N–H and O–H groups in total. The summed E-state index contributed by atoms with van der Waals surface area (Å²) in [4.78, 5) is 28.6. The van der Waals surface area contributed by atoms with Gasteiger partial charge in [0.05, 0.1) is 17.2 Å². The lowest BCUT2D eigenvalue weighted by Crippen LogP contribution is -2.32. The highest BCUT2D eigenvalue weighted by Gasteiger charge is 2.15. The number of nitrogens with one attached hydrogen (secondary N) is 2. The average molecular weight is 325 g/mol. The van der Waals surface area contributed by atoms with Gasteiger partial charge in [-0.25, -0.2) is 0 Å². The minimum absolute atomic E-state index is 0.0769. The van der Waals surface area contributed by atoms with Crippen LogP contribution in [-0.2, 0) is 0 Å². The Balaban J connectivity index is 2.07. The zero-order valence-corrected chi connectivity index (χ0v) is 14.2. The van der Waals surface area contributed by atoms with Crippen LogP contribution in [0.4, 0.5) is 0 Å². The minimum Gasteiger partial charge on any atom is -0.350 e. The van der Waals surface area contributed by atoms with Gasteiger partial charge in [-0.05, 0) is 31.9 Å². The standard InChI is InChI=1S/C19H23N3O2/c1-4-13(2)21-18(23)16-10-17(12-20-11-16)19(24)22-14(3)15-8-6-5-7-9-15/h5-14H,4H2,1-3H3,(H,21,23)(H,22,24). The molecule has 2 amide bonds. The Kier molecular flexibility index (Phi) is 6.07. The number of amides is 2. The number of hydrogen-bond donors (Lipinski definition) is 2. The number of pyridine rings is 1. The second-order valence-corrected chi connectivity index (χ2v) is 5.85. The van der Waals surface area contributed by atoms with Crippen LogP contribution in [-0.4, -0.2) is 22.8 Å². The molecule has 0 aliphatic heterocycles. The highest BCUT2D eigenvalue weighted by molar-refractivity contribution is 5.99. The third-order valence-electron chi connectivity index (χ3n) is 3.90. The topological polar surface area (TPSA) is 71.1 Å². The van der Waals surface area contributed by atoms with Gasteiger partial charge in [0.1, 0.15) is 0 Å². The summed E-state index contributed by atoms with van der Waals surface area (Å²) in [5.41, 5.74) is 1.77. The molecular weight excluding hydrogens is 302 g/mol. The van der Waals surface area contributed by atoms with Gasteiger partial charge in [0.25, 0.3) is 11.8 Å². The van der Waals surface area contributed by atoms with Crippen molar-refractivity contribution in [1.29, 1.82) is 0 Å². The molecule has 2 atom stereocenters. The monoisotopic (exact) mass is 325 g/mol. The van der Waals surface area contributed by atoms with Crippen molar-refractivity contribution in [3.05, 3.63) is 65.5 Å². The average Bonchev–Trinajstić information content (AvgIpc) is 2.62. The third kappa shape index (κ3) is 4.65. The molecule has 0 aliphatic carbocycles. The fraction of sp³-hybridized carbons (Fsp3) is 0.316. The van der Waals surface area contributed by atoms with E-state index < -0.39 is 0 Å². The maximum Gasteiger partial charge on any atom is 0.253 e. The van der Waals surface area contributed by atoms with Crippen LogP contribution in [0.1, 0.15) is 59.5 Å². The molecule has 0 spiro atoms. The molecule has 2 aromatic rings. The quantitative estimate of drug-likeness (QED) is 0.857. The summed E-state index contributed by atoms with van der Waals surface area (Å²) in [5, 5.41) is 5.79. The molecule has 1 aromatic carbocycles. The maximum absolute atomic E-state index is 12.4. The molecule has 126 valence electrons. The first-order chi connectivity index (χ1) is 11.5. The molecule has 2 rings (SSSR count). The summed E-state index contributed by atoms with van der Waals surface area (Å²) in [6, 6.07) is 11.2. The molecule has 0 saturated heterocycles. The van der Waals surface area contributed by atoms with Crippen molar-refractivity contribution in [1.82, 2.24) is 15.6 Å². The lowest BCUT2D eigenvalue weighted by Gasteiger charge is -2.15. The Morgan fingerprint density at radius 3 is 2.17 bits per heavy atom. The lowest BCUT2D eigenvalue weighted by molar-refractivity contribution is 0.0938. The zero-order chi connectivity index (χ0) is 17.5. The second-order valence-electron chi connectivity index (χ2n) is 5.85. The number of nitrogens with zero attached hydrogens (tertiary/aromatic N) is 1. The Morgan fingerprint density at radius 2 is 1.58 bits per heavy atom. The van der Waals surface area contributed by atoms with Crippen molar-refractivity contribution in [3.8, 4) is 0 Å². The van der Waals surface area contributed by atoms with Crippen LogP contribution < -0.4 is 10.6 Å². The van der Waals surface area contributed by atoms with E-state index in [1.807, 2.05) is 51.1 Å². The zero-order valence-electron chi connectivity index (χ0n) is 14.2. The third-order valence-corrected chi connectivity index (χ3v) is 3.90. The van der Waals surface area contributed by atoms with Gasteiger partial charge in [-0.1, -0.05) is 37.3 Å². The first-order valence-corrected chi connectivity index (χ1v) is 8.13. The summed E-state index contributed by atoms with van der Waals surface area (Å²) < 4.78 is 0. The van der Waals surface area contributed by atoms with Gasteiger partial charge in [-0.15, -0.1) is 0 Å². The number of rotatable bonds is 6. The van der Waals surface area contributed by atoms with Crippen LogP contribution in [0, 0.1) is 0 Å². The molecule has 0 fully saturated rings. The molecule has 5 heteroatoms. The van der Waals surface area contributed by atoms with Gasteiger partial charge >= 0.3 is 0 Å². The molecule has 0 radical (unpaired) electrons. The van der Waals surface area contributed by atoms with E-state index in [0.717, 1.165) is 12.0 Å². The first kappa shape index (κ1) is 17.7. The number of aromatic nitrogens is 1. The Labute approximate surface area is 142 Å². The smallest absolute Gasteiger partial charge is 0.253 e. The number of hydrogen-bond acceptors (Lipinski definition) is 3. The summed E-state index contributed by atoms with van der Waals surface area (Å²) in [5.74, 6) is -0.473. The van der Waals surface area contributed by atoms with Crippen molar-refractivity contribution in [3.63, 3.8) is 0 Å². The molecule has 5 nitrogen and oxygen atoms in total. The van der Waals surface area contributed by atoms with E-state index in [2.05, 4.69) is 15.6 Å². The Morgan fingerprint density at radius 1 is 1.00 bits per heavy atom. The van der Waals surface area contributed by atoms with E-state index in [1.54, 1.807) is 6.07 Å². The fourth-order valence-electron chi connectivity index (χ4n) is 2.20. The van der Waals surface area contributed by atoms with Crippen molar-refractivity contribution in [2.75, 3.05) is 0 Å². The molecular formula is C19H23N3O2. The number of benzene rings is 1. The number of carbonyl (C=O) groups excluding carboxylic acids is 2. The molecule has 1 heterocycles. The lowest BCUT2D eigenvalue weighted by atomic mass is 10.1. The van der Waals surface area contributed by atoms with E-state index in [9.17, 15) is 9.59 Å². The molecule has 24 heavy (non-hydrogen) atoms. The Bertz CT molecular complexity index is 701. The van der Waals surface area contributed by atoms with Gasteiger partial charge in [-0.3, -0.25) is 14.6 Å². The van der Waals surface area contributed by atoms with Gasteiger partial charge < -0.3 is 10.6 Å². The molecule has 1 aromatic heterocycles. The molecule has 2 unspecified atom stereocenters. The van der Waals surface area contributed by atoms with E-state index in [1.165, 1.54) is 12.4 Å². The summed E-state index contributed by atoms with van der Waals surface area (Å²) in [6.45, 7) is 5.85. The maximum atomic E-state index is 12.4. The van der Waals surface area contributed by atoms with Crippen LogP contribution >= 0.6 is 0 Å². The van der Waals surface area contributed by atoms with Crippen LogP contribution in [0.3, 0.4) is 0 Å². The van der Waals surface area contributed by atoms with Crippen molar-refractivity contribution < 1.29 is 9.59 Å². The molecule has 0 aliphatic rings. The van der Waals surface area contributed by atoms with Gasteiger partial charge in [0.2, 0.25) is 0 Å². The minimum atomic E-state index is -0.253. The fourth-order valence-corrected chi connectivity index (χ4v) is 2.20. The van der Waals surface area contributed by atoms with Crippen molar-refractivity contribution >= 4 is 11.8 Å². The number of carbonyl (C=O) groups is 2. The highest BCUT2D eigenvalue weighted by Crippen LogP contribution is 2.12. The van der Waals surface area contributed by atoms with Gasteiger partial charge in [0, 0.05) is 18.4 Å². The first-order valence-electron chi connectivity index (χ1n) is 8.13. The van der Waals surface area contributed by atoms with E-state index in [-0.39, 0.29) is 23.9 Å². The highest BCUT2D eigenvalue weighted by atomic mass is 16.2. The van der Waals surface area contributed by atoms with E-state index in [0.29, 0.717) is 11.1 Å². The van der Waals surface area contributed by atoms with Crippen molar-refractivity contribution in [2.45, 2.75) is 39.3 Å². The van der Waals surface area contributed by atoms with Crippen LogP contribution in [0.15, 0.2) is 48.8 Å². The van der Waals surface area contributed by atoms with Crippen LogP contribution in [0.5, 0.6) is 0 Å². The van der Waals surface area contributed by atoms with Gasteiger partial charge in [0.15, 0.2) is 0 Å². The predicted octanol–water partition coefficient (Wildman–Crippen LogP) is 3.10. The van der Waals surface area contributed by atoms with E-state index in [4.69, 9.17) is 0 Å². The normalized spacial score (nSPS) is 13.0. The van der Waals surface area contributed by atoms with E-state index >= 15 is 0 Å². The SMILES string of the molecule is CCC(C)NC(=O)c1cncc(C(=O)NC(C)c2ccccc2)c1. The van der Waals surface area contributed by atoms with Crippen LogP contribution in [0.2, 0.25) is 0 Å².